The Labute approximate surface area is 239 Å². The zero-order valence-electron chi connectivity index (χ0n) is 23.7. The number of hydrogen-bond donors (Lipinski definition) is 1. The number of carbonyl (C=O) groups is 1. The van der Waals surface area contributed by atoms with Gasteiger partial charge in [0.15, 0.2) is 6.04 Å². The number of carbonyl (C=O) groups excluding carboxylic acids is 1. The molecule has 0 saturated heterocycles. The van der Waals surface area contributed by atoms with Gasteiger partial charge in [-0.1, -0.05) is 79.7 Å². The summed E-state index contributed by atoms with van der Waals surface area (Å²) in [4.78, 5) is 12.9. The molecular weight excluding hydrogens is 508 g/mol. The van der Waals surface area contributed by atoms with E-state index in [1.165, 1.54) is 12.8 Å². The van der Waals surface area contributed by atoms with Crippen molar-refractivity contribution in [2.24, 2.45) is 0 Å². The third-order valence-corrected chi connectivity index (χ3v) is 7.00. The van der Waals surface area contributed by atoms with Crippen LogP contribution in [0.25, 0.3) is 0 Å². The van der Waals surface area contributed by atoms with E-state index in [4.69, 9.17) is 21.1 Å². The Hall–Kier alpha value is -3.02. The highest BCUT2D eigenvalue weighted by Crippen LogP contribution is 2.19. The van der Waals surface area contributed by atoms with E-state index in [1.54, 1.807) is 0 Å². The summed E-state index contributed by atoms with van der Waals surface area (Å²) in [5.41, 5.74) is 2.24. The predicted octanol–water partition coefficient (Wildman–Crippen LogP) is 7.07. The van der Waals surface area contributed by atoms with Gasteiger partial charge in [0.2, 0.25) is 0 Å². The lowest BCUT2D eigenvalue weighted by molar-refractivity contribution is -0.886. The highest BCUT2D eigenvalue weighted by atomic mass is 35.5. The van der Waals surface area contributed by atoms with Crippen LogP contribution in [0.5, 0.6) is 11.5 Å². The third kappa shape index (κ3) is 11.7. The number of hydrogen-bond acceptors (Lipinski definition) is 3. The van der Waals surface area contributed by atoms with Gasteiger partial charge < -0.3 is 19.3 Å². The first-order valence-electron chi connectivity index (χ1n) is 14.0. The molecule has 3 aromatic rings. The van der Waals surface area contributed by atoms with Crippen LogP contribution in [0.1, 0.15) is 49.7 Å². The SMILES string of the molecule is C[N+](C)(C)C(Cc1cccc(Cl)c1)C(=O)NCCCCCCCCOc1ccc(OCc2ccccc2)cc1. The van der Waals surface area contributed by atoms with E-state index in [9.17, 15) is 4.79 Å². The largest absolute Gasteiger partial charge is 0.494 e. The molecular formula is C33H44ClN2O3+. The number of likely N-dealkylation sites (N-methyl/N-ethyl adjacent to an activating group) is 1. The summed E-state index contributed by atoms with van der Waals surface area (Å²) in [5, 5.41) is 3.86. The molecule has 0 spiro atoms. The van der Waals surface area contributed by atoms with Crippen LogP contribution in [0.3, 0.4) is 0 Å². The molecule has 210 valence electrons. The summed E-state index contributed by atoms with van der Waals surface area (Å²) in [6.45, 7) is 2.01. The minimum Gasteiger partial charge on any atom is -0.494 e. The molecule has 0 saturated carbocycles. The number of quaternary nitrogens is 1. The molecule has 0 radical (unpaired) electrons. The Morgan fingerprint density at radius 3 is 2.05 bits per heavy atom. The molecule has 3 aromatic carbocycles. The monoisotopic (exact) mass is 551 g/mol. The summed E-state index contributed by atoms with van der Waals surface area (Å²) in [6, 6.07) is 25.6. The fourth-order valence-electron chi connectivity index (χ4n) is 4.43. The van der Waals surface area contributed by atoms with Crippen molar-refractivity contribution in [3.63, 3.8) is 0 Å². The first-order chi connectivity index (χ1) is 18.8. The summed E-state index contributed by atoms with van der Waals surface area (Å²) in [5.74, 6) is 1.83. The van der Waals surface area contributed by atoms with Crippen molar-refractivity contribution in [2.75, 3.05) is 34.3 Å². The molecule has 1 N–H and O–H groups in total. The van der Waals surface area contributed by atoms with Crippen LogP contribution in [-0.2, 0) is 17.8 Å². The van der Waals surface area contributed by atoms with E-state index < -0.39 is 0 Å². The van der Waals surface area contributed by atoms with Gasteiger partial charge in [0.05, 0.1) is 27.7 Å². The van der Waals surface area contributed by atoms with Gasteiger partial charge in [-0.3, -0.25) is 4.79 Å². The van der Waals surface area contributed by atoms with E-state index in [1.807, 2.05) is 66.7 Å². The third-order valence-electron chi connectivity index (χ3n) is 6.77. The van der Waals surface area contributed by atoms with E-state index in [0.29, 0.717) is 22.5 Å². The highest BCUT2D eigenvalue weighted by molar-refractivity contribution is 6.30. The topological polar surface area (TPSA) is 47.6 Å². The van der Waals surface area contributed by atoms with Crippen LogP contribution in [0, 0.1) is 0 Å². The van der Waals surface area contributed by atoms with Crippen LogP contribution in [0.2, 0.25) is 5.02 Å². The molecule has 0 bridgehead atoms. The number of nitrogens with one attached hydrogen (secondary N) is 1. The van der Waals surface area contributed by atoms with Crippen molar-refractivity contribution in [3.8, 4) is 11.5 Å². The lowest BCUT2D eigenvalue weighted by Crippen LogP contribution is -2.55. The standard InChI is InChI=1S/C33H43ClN2O3/c1-36(2,3)32(25-28-16-13-17-29(34)24-28)33(37)35-22-11-6-4-5-7-12-23-38-30-18-20-31(21-19-30)39-26-27-14-9-8-10-15-27/h8-10,13-21,24,32H,4-7,11-12,22-23,25-26H2,1-3H3/p+1. The Balaban J connectivity index is 1.22. The normalized spacial score (nSPS) is 12.1. The smallest absolute Gasteiger partial charge is 0.278 e. The second-order valence-corrected chi connectivity index (χ2v) is 11.4. The number of ether oxygens (including phenoxy) is 2. The van der Waals surface area contributed by atoms with E-state index >= 15 is 0 Å². The van der Waals surface area contributed by atoms with Crippen LogP contribution in [0.15, 0.2) is 78.9 Å². The van der Waals surface area contributed by atoms with Gasteiger partial charge in [0, 0.05) is 18.0 Å². The van der Waals surface area contributed by atoms with Crippen molar-refractivity contribution in [1.29, 1.82) is 0 Å². The number of rotatable bonds is 17. The average Bonchev–Trinajstić information content (AvgIpc) is 2.92. The first kappa shape index (κ1) is 30.5. The molecule has 0 aliphatic carbocycles. The molecule has 3 rings (SSSR count). The molecule has 1 amide bonds. The minimum absolute atomic E-state index is 0.107. The second kappa shape index (κ2) is 16.2. The van der Waals surface area contributed by atoms with Crippen molar-refractivity contribution in [3.05, 3.63) is 95.0 Å². The fraction of sp³-hybridized carbons (Fsp3) is 0.424. The minimum atomic E-state index is -0.151. The van der Waals surface area contributed by atoms with Gasteiger partial charge in [-0.2, -0.15) is 0 Å². The van der Waals surface area contributed by atoms with Gasteiger partial charge in [-0.25, -0.2) is 0 Å². The lowest BCUT2D eigenvalue weighted by Gasteiger charge is -2.33. The molecule has 5 nitrogen and oxygen atoms in total. The molecule has 1 unspecified atom stereocenters. The van der Waals surface area contributed by atoms with Crippen LogP contribution in [0.4, 0.5) is 0 Å². The Morgan fingerprint density at radius 1 is 0.769 bits per heavy atom. The van der Waals surface area contributed by atoms with Crippen LogP contribution < -0.4 is 14.8 Å². The Bertz CT molecular complexity index is 1110. The molecule has 1 atom stereocenters. The summed E-state index contributed by atoms with van der Waals surface area (Å²) < 4.78 is 12.3. The number of nitrogens with zero attached hydrogens (tertiary/aromatic N) is 1. The molecule has 39 heavy (non-hydrogen) atoms. The maximum absolute atomic E-state index is 12.9. The van der Waals surface area contributed by atoms with Crippen molar-refractivity contribution >= 4 is 17.5 Å². The maximum atomic E-state index is 12.9. The molecule has 6 heteroatoms. The zero-order valence-corrected chi connectivity index (χ0v) is 24.5. The van der Waals surface area contributed by atoms with Gasteiger partial charge >= 0.3 is 0 Å². The van der Waals surface area contributed by atoms with Gasteiger partial charge in [-0.15, -0.1) is 0 Å². The molecule has 0 aromatic heterocycles. The van der Waals surface area contributed by atoms with Crippen molar-refractivity contribution in [1.82, 2.24) is 5.32 Å². The fourth-order valence-corrected chi connectivity index (χ4v) is 4.64. The summed E-state index contributed by atoms with van der Waals surface area (Å²) >= 11 is 6.14. The van der Waals surface area contributed by atoms with Crippen molar-refractivity contribution in [2.45, 2.75) is 57.6 Å². The maximum Gasteiger partial charge on any atom is 0.278 e. The number of unbranched alkanes of at least 4 members (excludes halogenated alkanes) is 5. The molecule has 0 fully saturated rings. The molecule has 0 aliphatic heterocycles. The van der Waals surface area contributed by atoms with Crippen LogP contribution >= 0.6 is 11.6 Å². The Morgan fingerprint density at radius 2 is 1.38 bits per heavy atom. The van der Waals surface area contributed by atoms with Gasteiger partial charge in [-0.05, 0) is 60.4 Å². The molecule has 0 aliphatic rings. The summed E-state index contributed by atoms with van der Waals surface area (Å²) in [6.07, 6.45) is 7.33. The van der Waals surface area contributed by atoms with Crippen LogP contribution in [-0.4, -0.2) is 50.7 Å². The van der Waals surface area contributed by atoms with Gasteiger partial charge in [0.25, 0.3) is 5.91 Å². The highest BCUT2D eigenvalue weighted by Gasteiger charge is 2.31. The summed E-state index contributed by atoms with van der Waals surface area (Å²) in [7, 11) is 6.19. The number of benzene rings is 3. The van der Waals surface area contributed by atoms with Crippen molar-refractivity contribution < 1.29 is 18.8 Å². The number of amides is 1. The zero-order chi connectivity index (χ0) is 27.9. The first-order valence-corrected chi connectivity index (χ1v) is 14.4. The van der Waals surface area contributed by atoms with E-state index in [2.05, 4.69) is 38.6 Å². The van der Waals surface area contributed by atoms with E-state index in [0.717, 1.165) is 61.5 Å². The average molecular weight is 552 g/mol. The predicted molar refractivity (Wildman–Crippen MR) is 160 cm³/mol. The van der Waals surface area contributed by atoms with E-state index in [-0.39, 0.29) is 11.9 Å². The second-order valence-electron chi connectivity index (χ2n) is 11.0. The van der Waals surface area contributed by atoms with Gasteiger partial charge in [0.1, 0.15) is 18.1 Å². The Kier molecular flexibility index (Phi) is 12.7. The molecule has 0 heterocycles. The number of halogens is 1. The lowest BCUT2D eigenvalue weighted by atomic mass is 10.0. The quantitative estimate of drug-likeness (QED) is 0.144.